The Morgan fingerprint density at radius 2 is 1.71 bits per heavy atom. The van der Waals surface area contributed by atoms with Gasteiger partial charge in [-0.05, 0) is 13.3 Å². The van der Waals surface area contributed by atoms with Crippen molar-refractivity contribution in [3.63, 3.8) is 0 Å². The minimum absolute atomic E-state index is 0.101. The van der Waals surface area contributed by atoms with E-state index >= 15 is 0 Å². The number of hydrogen-bond acceptors (Lipinski definition) is 4. The van der Waals surface area contributed by atoms with Crippen molar-refractivity contribution >= 4 is 17.9 Å². The lowest BCUT2D eigenvalue weighted by Gasteiger charge is -2.52. The number of rotatable bonds is 3. The van der Waals surface area contributed by atoms with Gasteiger partial charge in [-0.15, -0.1) is 0 Å². The second-order valence-electron chi connectivity index (χ2n) is 9.04. The lowest BCUT2D eigenvalue weighted by molar-refractivity contribution is -0.310. The number of likely N-dealkylation sites (tertiary alicyclic amines) is 1. The molecule has 3 rings (SSSR count). The highest BCUT2D eigenvalue weighted by atomic mass is 19.4. The quantitative estimate of drug-likeness (QED) is 0.627. The summed E-state index contributed by atoms with van der Waals surface area (Å²) >= 11 is 0. The zero-order valence-corrected chi connectivity index (χ0v) is 19.2. The van der Waals surface area contributed by atoms with Gasteiger partial charge in [0.2, 0.25) is 5.91 Å². The molecule has 0 aliphatic carbocycles. The second kappa shape index (κ2) is 8.90. The average molecular weight is 513 g/mol. The van der Waals surface area contributed by atoms with Crippen LogP contribution in [0.2, 0.25) is 0 Å². The molecule has 3 heterocycles. The Morgan fingerprint density at radius 3 is 2.23 bits per heavy atom. The predicted octanol–water partition coefficient (Wildman–Crippen LogP) is 2.82. The van der Waals surface area contributed by atoms with E-state index in [1.807, 2.05) is 0 Å². The Labute approximate surface area is 196 Å². The van der Waals surface area contributed by atoms with Crippen LogP contribution in [0, 0.1) is 11.8 Å². The second-order valence-corrected chi connectivity index (χ2v) is 9.04. The van der Waals surface area contributed by atoms with Crippen LogP contribution in [0.4, 0.5) is 31.1 Å². The highest BCUT2D eigenvalue weighted by molar-refractivity contribution is 5.92. The number of amides is 3. The van der Waals surface area contributed by atoms with Crippen molar-refractivity contribution in [1.82, 2.24) is 24.3 Å². The minimum atomic E-state index is -5.72. The largest absolute Gasteiger partial charge is 0.465 e. The van der Waals surface area contributed by atoms with Crippen molar-refractivity contribution in [2.75, 3.05) is 26.7 Å². The summed E-state index contributed by atoms with van der Waals surface area (Å²) < 4.78 is 83.7. The van der Waals surface area contributed by atoms with E-state index in [4.69, 9.17) is 0 Å². The average Bonchev–Trinajstić information content (AvgIpc) is 3.15. The maximum Gasteiger partial charge on any atom is 0.407 e. The number of piperidine rings is 1. The molecule has 3 amide bonds. The molecule has 1 fully saturated rings. The molecule has 2 aliphatic heterocycles. The first kappa shape index (κ1) is 26.6. The highest BCUT2D eigenvalue weighted by Crippen LogP contribution is 2.50. The number of carbonyl (C=O) groups is 3. The maximum absolute atomic E-state index is 13.7. The summed E-state index contributed by atoms with van der Waals surface area (Å²) in [4.78, 5) is 43.2. The van der Waals surface area contributed by atoms with Gasteiger partial charge in [-0.1, -0.05) is 0 Å². The number of nitrogens with zero attached hydrogens (tertiary/aromatic N) is 5. The Bertz CT molecular complexity index is 995. The van der Waals surface area contributed by atoms with Crippen LogP contribution < -0.4 is 0 Å². The molecule has 0 radical (unpaired) electrons. The lowest BCUT2D eigenvalue weighted by Crippen LogP contribution is -2.65. The van der Waals surface area contributed by atoms with Gasteiger partial charge in [-0.2, -0.15) is 26.3 Å². The molecule has 0 bridgehead atoms. The standard InChI is InChI=1S/C20H25F6N5O4/c1-11(32)29-6-7-30-9-13(27-14(30)10-29)16(33)28(3)18(2)4-5-31(17(34)35)8-12(18)15(19(21,22)23)20(24,25)26/h9,12,15H,4-8,10H2,1-3H3,(H,34,35). The first-order chi connectivity index (χ1) is 16.0. The molecular formula is C20H25F6N5O4. The first-order valence-electron chi connectivity index (χ1n) is 10.7. The minimum Gasteiger partial charge on any atom is -0.465 e. The van der Waals surface area contributed by atoms with Gasteiger partial charge in [0.1, 0.15) is 11.5 Å². The topological polar surface area (TPSA) is 99.0 Å². The van der Waals surface area contributed by atoms with Crippen molar-refractivity contribution in [3.8, 4) is 0 Å². The molecule has 9 nitrogen and oxygen atoms in total. The lowest BCUT2D eigenvalue weighted by atomic mass is 9.70. The summed E-state index contributed by atoms with van der Waals surface area (Å²) in [6.45, 7) is 1.83. The molecule has 1 N–H and O–H groups in total. The van der Waals surface area contributed by atoms with Gasteiger partial charge in [-0.25, -0.2) is 9.78 Å². The van der Waals surface area contributed by atoms with Gasteiger partial charge in [0.25, 0.3) is 5.91 Å². The van der Waals surface area contributed by atoms with E-state index in [2.05, 4.69) is 4.98 Å². The van der Waals surface area contributed by atoms with E-state index in [0.717, 1.165) is 18.9 Å². The Hall–Kier alpha value is -3.00. The fraction of sp³-hybridized carbons (Fsp3) is 0.700. The number of fused-ring (bicyclic) bond motifs is 1. The molecule has 0 spiro atoms. The smallest absolute Gasteiger partial charge is 0.407 e. The Morgan fingerprint density at radius 1 is 1.11 bits per heavy atom. The van der Waals surface area contributed by atoms with Crippen LogP contribution in [0.1, 0.15) is 36.6 Å². The van der Waals surface area contributed by atoms with Gasteiger partial charge in [0, 0.05) is 57.8 Å². The van der Waals surface area contributed by atoms with Crippen LogP contribution >= 0.6 is 0 Å². The van der Waals surface area contributed by atoms with E-state index in [9.17, 15) is 45.8 Å². The molecule has 1 aromatic rings. The summed E-state index contributed by atoms with van der Waals surface area (Å²) in [5, 5.41) is 9.24. The Balaban J connectivity index is 1.98. The van der Waals surface area contributed by atoms with Crippen LogP contribution in [-0.4, -0.2) is 91.8 Å². The van der Waals surface area contributed by atoms with Gasteiger partial charge >= 0.3 is 18.4 Å². The third-order valence-electron chi connectivity index (χ3n) is 7.02. The number of aromatic nitrogens is 2. The third kappa shape index (κ3) is 5.03. The summed E-state index contributed by atoms with van der Waals surface area (Å²) in [5.41, 5.74) is -2.18. The van der Waals surface area contributed by atoms with Gasteiger partial charge in [-0.3, -0.25) is 9.59 Å². The van der Waals surface area contributed by atoms with E-state index < -0.39 is 54.7 Å². The summed E-state index contributed by atoms with van der Waals surface area (Å²) in [5.74, 6) is -6.92. The van der Waals surface area contributed by atoms with Crippen molar-refractivity contribution in [2.24, 2.45) is 11.8 Å². The van der Waals surface area contributed by atoms with E-state index in [1.165, 1.54) is 18.0 Å². The highest BCUT2D eigenvalue weighted by Gasteiger charge is 2.65. The van der Waals surface area contributed by atoms with Crippen molar-refractivity contribution in [3.05, 3.63) is 17.7 Å². The van der Waals surface area contributed by atoms with Gasteiger partial charge < -0.3 is 24.4 Å². The van der Waals surface area contributed by atoms with Crippen LogP contribution in [0.15, 0.2) is 6.20 Å². The van der Waals surface area contributed by atoms with E-state index in [1.54, 1.807) is 4.57 Å². The van der Waals surface area contributed by atoms with Crippen molar-refractivity contribution in [2.45, 2.75) is 51.2 Å². The fourth-order valence-corrected chi connectivity index (χ4v) is 4.80. The molecule has 0 aromatic carbocycles. The van der Waals surface area contributed by atoms with Crippen LogP contribution in [0.3, 0.4) is 0 Å². The normalized spacial score (nSPS) is 23.3. The number of carboxylic acid groups (broad SMARTS) is 1. The molecule has 0 saturated carbocycles. The number of carbonyl (C=O) groups excluding carboxylic acids is 2. The Kier molecular flexibility index (Phi) is 6.76. The van der Waals surface area contributed by atoms with Gasteiger partial charge in [0.15, 0.2) is 5.92 Å². The molecule has 2 unspecified atom stereocenters. The van der Waals surface area contributed by atoms with Crippen LogP contribution in [0.25, 0.3) is 0 Å². The molecule has 2 atom stereocenters. The SMILES string of the molecule is CC(=O)N1CCn2cc(C(=O)N(C)C3(C)CCN(C(=O)O)CC3C(C(F)(F)F)C(F)(F)F)nc2C1. The molecule has 2 aliphatic rings. The van der Waals surface area contributed by atoms with Crippen LogP contribution in [-0.2, 0) is 17.9 Å². The summed E-state index contributed by atoms with van der Waals surface area (Å²) in [6.07, 6.45) is -12.2. The maximum atomic E-state index is 13.7. The van der Waals surface area contributed by atoms with E-state index in [0.29, 0.717) is 23.8 Å². The summed E-state index contributed by atoms with van der Waals surface area (Å²) in [7, 11) is 1.09. The summed E-state index contributed by atoms with van der Waals surface area (Å²) in [6, 6.07) is 0. The van der Waals surface area contributed by atoms with Crippen LogP contribution in [0.5, 0.6) is 0 Å². The molecule has 35 heavy (non-hydrogen) atoms. The number of imidazole rings is 1. The number of halogens is 6. The van der Waals surface area contributed by atoms with Gasteiger partial charge in [0.05, 0.1) is 6.54 Å². The van der Waals surface area contributed by atoms with Crippen molar-refractivity contribution in [1.29, 1.82) is 0 Å². The molecular weight excluding hydrogens is 488 g/mol. The molecule has 196 valence electrons. The zero-order chi connectivity index (χ0) is 26.5. The first-order valence-corrected chi connectivity index (χ1v) is 10.7. The zero-order valence-electron chi connectivity index (χ0n) is 19.2. The number of alkyl halides is 6. The molecule has 1 saturated heterocycles. The molecule has 1 aromatic heterocycles. The third-order valence-corrected chi connectivity index (χ3v) is 7.02. The fourth-order valence-electron chi connectivity index (χ4n) is 4.80. The van der Waals surface area contributed by atoms with E-state index in [-0.39, 0.29) is 24.7 Å². The monoisotopic (exact) mass is 513 g/mol. The predicted molar refractivity (Wildman–Crippen MR) is 107 cm³/mol. The molecule has 15 heteroatoms. The van der Waals surface area contributed by atoms with Crippen molar-refractivity contribution < 1.29 is 45.8 Å². The number of hydrogen-bond donors (Lipinski definition) is 1.